The number of nitrogens with one attached hydrogen (secondary N) is 2. The minimum absolute atomic E-state index is 0.0326. The Morgan fingerprint density at radius 3 is 1.96 bits per heavy atom. The molecule has 0 unspecified atom stereocenters. The monoisotopic (exact) mass is 328 g/mol. The van der Waals surface area contributed by atoms with E-state index in [4.69, 9.17) is 0 Å². The van der Waals surface area contributed by atoms with E-state index in [9.17, 15) is 19.5 Å². The molecule has 0 aliphatic heterocycles. The van der Waals surface area contributed by atoms with Gasteiger partial charge in [0, 0.05) is 6.92 Å². The summed E-state index contributed by atoms with van der Waals surface area (Å²) in [6.45, 7) is 12.7. The third-order valence-corrected chi connectivity index (χ3v) is 4.10. The molecule has 0 saturated carbocycles. The fraction of sp³-hybridized carbons (Fsp3) is 0.824. The van der Waals surface area contributed by atoms with Gasteiger partial charge in [0.1, 0.15) is 11.6 Å². The summed E-state index contributed by atoms with van der Waals surface area (Å²) < 4.78 is 0. The topological polar surface area (TPSA) is 95.5 Å². The number of rotatable bonds is 8. The summed E-state index contributed by atoms with van der Waals surface area (Å²) >= 11 is 0. The summed E-state index contributed by atoms with van der Waals surface area (Å²) in [4.78, 5) is 35.5. The number of hydrogen-bond donors (Lipinski definition) is 3. The van der Waals surface area contributed by atoms with Gasteiger partial charge in [0.2, 0.25) is 11.8 Å². The maximum absolute atomic E-state index is 12.5. The van der Waals surface area contributed by atoms with Crippen molar-refractivity contribution in [2.75, 3.05) is 0 Å². The van der Waals surface area contributed by atoms with Crippen LogP contribution in [0.15, 0.2) is 0 Å². The van der Waals surface area contributed by atoms with Gasteiger partial charge >= 0.3 is 5.97 Å². The van der Waals surface area contributed by atoms with Gasteiger partial charge in [-0.1, -0.05) is 41.0 Å². The minimum atomic E-state index is -1.35. The lowest BCUT2D eigenvalue weighted by molar-refractivity contribution is -0.148. The Hall–Kier alpha value is -1.59. The van der Waals surface area contributed by atoms with E-state index in [1.54, 1.807) is 0 Å². The molecular formula is C17H32N2O4. The van der Waals surface area contributed by atoms with E-state index in [-0.39, 0.29) is 17.2 Å². The lowest BCUT2D eigenvalue weighted by atomic mass is 9.83. The van der Waals surface area contributed by atoms with E-state index in [0.717, 1.165) is 0 Å². The summed E-state index contributed by atoms with van der Waals surface area (Å²) in [6, 6.07) is -0.731. The van der Waals surface area contributed by atoms with Gasteiger partial charge in [0.25, 0.3) is 0 Å². The van der Waals surface area contributed by atoms with Crippen LogP contribution in [0.5, 0.6) is 0 Å². The van der Waals surface area contributed by atoms with E-state index < -0.39 is 23.5 Å². The molecule has 0 saturated heterocycles. The quantitative estimate of drug-likeness (QED) is 0.637. The second kappa shape index (κ2) is 8.31. The lowest BCUT2D eigenvalue weighted by Gasteiger charge is -2.32. The fourth-order valence-electron chi connectivity index (χ4n) is 2.12. The van der Waals surface area contributed by atoms with E-state index in [1.807, 2.05) is 34.6 Å². The average molecular weight is 328 g/mol. The Labute approximate surface area is 139 Å². The Morgan fingerprint density at radius 2 is 1.61 bits per heavy atom. The van der Waals surface area contributed by atoms with E-state index in [0.29, 0.717) is 19.3 Å². The molecule has 0 bridgehead atoms. The summed E-state index contributed by atoms with van der Waals surface area (Å²) in [7, 11) is 0. The van der Waals surface area contributed by atoms with Crippen LogP contribution >= 0.6 is 0 Å². The largest absolute Gasteiger partial charge is 0.480 e. The van der Waals surface area contributed by atoms with Gasteiger partial charge in [0.15, 0.2) is 0 Å². The first-order chi connectivity index (χ1) is 10.3. The number of amides is 2. The van der Waals surface area contributed by atoms with E-state index >= 15 is 0 Å². The molecule has 0 radical (unpaired) electrons. The van der Waals surface area contributed by atoms with Crippen molar-refractivity contribution in [2.45, 2.75) is 79.3 Å². The molecular weight excluding hydrogens is 296 g/mol. The van der Waals surface area contributed by atoms with Gasteiger partial charge in [0.05, 0.1) is 0 Å². The number of hydrogen-bond acceptors (Lipinski definition) is 3. The van der Waals surface area contributed by atoms with Crippen molar-refractivity contribution in [2.24, 2.45) is 11.3 Å². The van der Waals surface area contributed by atoms with Gasteiger partial charge in [-0.3, -0.25) is 9.59 Å². The van der Waals surface area contributed by atoms with Crippen LogP contribution in [0.25, 0.3) is 0 Å². The third-order valence-electron chi connectivity index (χ3n) is 4.10. The predicted molar refractivity (Wildman–Crippen MR) is 89.9 cm³/mol. The van der Waals surface area contributed by atoms with E-state index in [2.05, 4.69) is 10.6 Å². The molecule has 134 valence electrons. The maximum Gasteiger partial charge on any atom is 0.329 e. The molecule has 23 heavy (non-hydrogen) atoms. The Morgan fingerprint density at radius 1 is 1.09 bits per heavy atom. The summed E-state index contributed by atoms with van der Waals surface area (Å²) in [6.07, 6.45) is 1.68. The number of aliphatic carboxylic acids is 1. The first kappa shape index (κ1) is 21.4. The minimum Gasteiger partial charge on any atom is -0.480 e. The van der Waals surface area contributed by atoms with Crippen LogP contribution in [0, 0.1) is 11.3 Å². The van der Waals surface area contributed by atoms with Gasteiger partial charge < -0.3 is 15.7 Å². The molecule has 0 aromatic rings. The van der Waals surface area contributed by atoms with Crippen molar-refractivity contribution in [1.29, 1.82) is 0 Å². The standard InChI is InChI=1S/C17H32N2O4/c1-8-11(2)13(18-12(3)20)14(21)19-17(7,15(22)23)10-9-16(4,5)6/h11,13H,8-10H2,1-7H3,(H,18,20)(H,19,21)(H,22,23)/t11-,13-,17-/m0/s1. The molecule has 0 rings (SSSR count). The van der Waals surface area contributed by atoms with Crippen molar-refractivity contribution in [3.05, 3.63) is 0 Å². The highest BCUT2D eigenvalue weighted by molar-refractivity contribution is 5.91. The molecule has 0 aliphatic rings. The van der Waals surface area contributed by atoms with Gasteiger partial charge in [-0.25, -0.2) is 4.79 Å². The molecule has 0 aromatic heterocycles. The Bertz CT molecular complexity index is 442. The highest BCUT2D eigenvalue weighted by atomic mass is 16.4. The highest BCUT2D eigenvalue weighted by Crippen LogP contribution is 2.26. The van der Waals surface area contributed by atoms with Gasteiger partial charge in [-0.05, 0) is 31.1 Å². The van der Waals surface area contributed by atoms with E-state index in [1.165, 1.54) is 13.8 Å². The number of carbonyl (C=O) groups excluding carboxylic acids is 2. The Balaban J connectivity index is 5.19. The second-order valence-electron chi connectivity index (χ2n) is 7.75. The molecule has 0 aromatic carbocycles. The van der Waals surface area contributed by atoms with Crippen LogP contribution in [-0.2, 0) is 14.4 Å². The van der Waals surface area contributed by atoms with Gasteiger partial charge in [-0.15, -0.1) is 0 Å². The maximum atomic E-state index is 12.5. The molecule has 3 atom stereocenters. The molecule has 2 amide bonds. The van der Waals surface area contributed by atoms with Crippen molar-refractivity contribution in [1.82, 2.24) is 10.6 Å². The molecule has 0 fully saturated rings. The SMILES string of the molecule is CC[C@H](C)[C@H](NC(C)=O)C(=O)N[C@@](C)(CCC(C)(C)C)C(=O)O. The van der Waals surface area contributed by atoms with Crippen molar-refractivity contribution >= 4 is 17.8 Å². The normalized spacial score (nSPS) is 16.8. The zero-order chi connectivity index (χ0) is 18.4. The second-order valence-corrected chi connectivity index (χ2v) is 7.75. The number of carboxylic acid groups (broad SMARTS) is 1. The lowest BCUT2D eigenvalue weighted by Crippen LogP contribution is -2.59. The number of carbonyl (C=O) groups is 3. The molecule has 0 aliphatic carbocycles. The van der Waals surface area contributed by atoms with Crippen LogP contribution in [-0.4, -0.2) is 34.5 Å². The van der Waals surface area contributed by atoms with Crippen LogP contribution in [0.2, 0.25) is 0 Å². The highest BCUT2D eigenvalue weighted by Gasteiger charge is 2.38. The van der Waals surface area contributed by atoms with Crippen LogP contribution in [0.3, 0.4) is 0 Å². The third kappa shape index (κ3) is 7.48. The molecule has 6 nitrogen and oxygen atoms in total. The van der Waals surface area contributed by atoms with Crippen molar-refractivity contribution in [3.8, 4) is 0 Å². The zero-order valence-electron chi connectivity index (χ0n) is 15.4. The van der Waals surface area contributed by atoms with Crippen LogP contribution in [0.4, 0.5) is 0 Å². The molecule has 6 heteroatoms. The summed E-state index contributed by atoms with van der Waals surface area (Å²) in [5.41, 5.74) is -1.39. The molecule has 0 spiro atoms. The summed E-state index contributed by atoms with van der Waals surface area (Å²) in [5.74, 6) is -1.91. The zero-order valence-corrected chi connectivity index (χ0v) is 15.4. The predicted octanol–water partition coefficient (Wildman–Crippen LogP) is 2.32. The molecule has 3 N–H and O–H groups in total. The fourth-order valence-corrected chi connectivity index (χ4v) is 2.12. The van der Waals surface area contributed by atoms with Crippen LogP contribution < -0.4 is 10.6 Å². The van der Waals surface area contributed by atoms with Crippen LogP contribution in [0.1, 0.15) is 67.7 Å². The first-order valence-electron chi connectivity index (χ1n) is 8.15. The number of carboxylic acids is 1. The first-order valence-corrected chi connectivity index (χ1v) is 8.15. The Kier molecular flexibility index (Phi) is 7.74. The summed E-state index contributed by atoms with van der Waals surface area (Å²) in [5, 5.41) is 14.8. The van der Waals surface area contributed by atoms with Crippen molar-refractivity contribution in [3.63, 3.8) is 0 Å². The molecule has 0 heterocycles. The smallest absolute Gasteiger partial charge is 0.329 e. The average Bonchev–Trinajstić information content (AvgIpc) is 2.40. The van der Waals surface area contributed by atoms with Crippen molar-refractivity contribution < 1.29 is 19.5 Å². The van der Waals surface area contributed by atoms with Gasteiger partial charge in [-0.2, -0.15) is 0 Å².